The van der Waals surface area contributed by atoms with E-state index in [-0.39, 0.29) is 12.3 Å². The summed E-state index contributed by atoms with van der Waals surface area (Å²) in [6.07, 6.45) is 0.855. The summed E-state index contributed by atoms with van der Waals surface area (Å²) in [7, 11) is 0. The van der Waals surface area contributed by atoms with Gasteiger partial charge in [-0.1, -0.05) is 32.1 Å². The lowest BCUT2D eigenvalue weighted by atomic mass is 9.86. The molecule has 0 N–H and O–H groups in total. The minimum Gasteiger partial charge on any atom is -0.185 e. The number of thioether (sulfide) groups is 1. The van der Waals surface area contributed by atoms with Crippen LogP contribution in [0.2, 0.25) is 0 Å². The highest BCUT2D eigenvalue weighted by Crippen LogP contribution is 2.38. The Balaban J connectivity index is 2.46. The molecule has 5 heteroatoms. The fourth-order valence-electron chi connectivity index (χ4n) is 2.04. The first kappa shape index (κ1) is 12.7. The lowest BCUT2D eigenvalue weighted by molar-refractivity contribution is -0.132. The fourth-order valence-corrected chi connectivity index (χ4v) is 2.67. The number of rotatable bonds is 3. The molecule has 0 bridgehead atoms. The molecule has 1 aliphatic carbocycles. The van der Waals surface area contributed by atoms with E-state index in [0.717, 1.165) is 32.1 Å². The molecule has 1 atom stereocenters. The molecule has 0 saturated heterocycles. The van der Waals surface area contributed by atoms with E-state index in [2.05, 4.69) is 0 Å². The molecule has 0 amide bonds. The Morgan fingerprint density at radius 1 is 1.27 bits per heavy atom. The first-order chi connectivity index (χ1) is 7.04. The standard InChI is InChI=1S/C10H14F3NS/c11-10(12,13)9(15-7-14)6-8-4-2-1-3-5-8/h8-9H,1-6H2. The maximum Gasteiger partial charge on any atom is 0.401 e. The van der Waals surface area contributed by atoms with E-state index >= 15 is 0 Å². The van der Waals surface area contributed by atoms with Crippen molar-refractivity contribution in [3.05, 3.63) is 0 Å². The smallest absolute Gasteiger partial charge is 0.185 e. The van der Waals surface area contributed by atoms with Gasteiger partial charge in [-0.15, -0.1) is 0 Å². The largest absolute Gasteiger partial charge is 0.401 e. The van der Waals surface area contributed by atoms with Crippen LogP contribution in [-0.2, 0) is 0 Å². The van der Waals surface area contributed by atoms with Gasteiger partial charge in [0, 0.05) is 0 Å². The van der Waals surface area contributed by atoms with Crippen molar-refractivity contribution in [3.8, 4) is 5.40 Å². The van der Waals surface area contributed by atoms with Gasteiger partial charge < -0.3 is 0 Å². The summed E-state index contributed by atoms with van der Waals surface area (Å²) in [4.78, 5) is 0. The van der Waals surface area contributed by atoms with E-state index < -0.39 is 11.4 Å². The first-order valence-corrected chi connectivity index (χ1v) is 6.03. The van der Waals surface area contributed by atoms with Gasteiger partial charge in [-0.05, 0) is 24.1 Å². The second kappa shape index (κ2) is 5.64. The van der Waals surface area contributed by atoms with Crippen LogP contribution in [0.3, 0.4) is 0 Å². The van der Waals surface area contributed by atoms with E-state index in [9.17, 15) is 13.2 Å². The molecule has 0 aliphatic heterocycles. The van der Waals surface area contributed by atoms with E-state index in [1.165, 1.54) is 0 Å². The number of hydrogen-bond donors (Lipinski definition) is 0. The van der Waals surface area contributed by atoms with Gasteiger partial charge in [-0.3, -0.25) is 0 Å². The molecule has 15 heavy (non-hydrogen) atoms. The summed E-state index contributed by atoms with van der Waals surface area (Å²) in [5.41, 5.74) is 0. The lowest BCUT2D eigenvalue weighted by Crippen LogP contribution is -2.28. The predicted molar refractivity (Wildman–Crippen MR) is 54.2 cm³/mol. The van der Waals surface area contributed by atoms with Crippen molar-refractivity contribution < 1.29 is 13.2 Å². The lowest BCUT2D eigenvalue weighted by Gasteiger charge is -2.26. The van der Waals surface area contributed by atoms with Crippen LogP contribution < -0.4 is 0 Å². The van der Waals surface area contributed by atoms with Crippen LogP contribution in [-0.4, -0.2) is 11.4 Å². The van der Waals surface area contributed by atoms with Crippen molar-refractivity contribution in [1.82, 2.24) is 0 Å². The zero-order chi connectivity index (χ0) is 11.3. The van der Waals surface area contributed by atoms with Crippen molar-refractivity contribution in [2.24, 2.45) is 5.92 Å². The van der Waals surface area contributed by atoms with Crippen molar-refractivity contribution in [3.63, 3.8) is 0 Å². The Hall–Kier alpha value is -0.370. The highest BCUT2D eigenvalue weighted by Gasteiger charge is 2.41. The maximum absolute atomic E-state index is 12.5. The molecule has 0 spiro atoms. The van der Waals surface area contributed by atoms with Crippen molar-refractivity contribution in [2.75, 3.05) is 0 Å². The zero-order valence-electron chi connectivity index (χ0n) is 8.39. The SMILES string of the molecule is N#CSC(CC1CCCCC1)C(F)(F)F. The Bertz CT molecular complexity index is 228. The molecule has 0 radical (unpaired) electrons. The van der Waals surface area contributed by atoms with Gasteiger partial charge in [0.15, 0.2) is 0 Å². The molecule has 1 unspecified atom stereocenters. The van der Waals surface area contributed by atoms with Crippen LogP contribution in [0.5, 0.6) is 0 Å². The van der Waals surface area contributed by atoms with Crippen molar-refractivity contribution in [1.29, 1.82) is 5.26 Å². The maximum atomic E-state index is 12.5. The third-order valence-corrected chi connectivity index (χ3v) is 3.68. The van der Waals surface area contributed by atoms with Crippen molar-refractivity contribution in [2.45, 2.75) is 50.0 Å². The molecule has 0 aromatic rings. The van der Waals surface area contributed by atoms with E-state index in [4.69, 9.17) is 5.26 Å². The Kier molecular flexibility index (Phi) is 4.78. The number of halogens is 3. The van der Waals surface area contributed by atoms with Gasteiger partial charge in [0.1, 0.15) is 10.7 Å². The van der Waals surface area contributed by atoms with Gasteiger partial charge in [0.05, 0.1) is 0 Å². The summed E-state index contributed by atoms with van der Waals surface area (Å²) < 4.78 is 37.5. The highest BCUT2D eigenvalue weighted by atomic mass is 32.2. The summed E-state index contributed by atoms with van der Waals surface area (Å²) in [5, 5.41) is 8.41. The highest BCUT2D eigenvalue weighted by molar-refractivity contribution is 8.04. The monoisotopic (exact) mass is 237 g/mol. The number of nitrogens with zero attached hydrogens (tertiary/aromatic N) is 1. The summed E-state index contributed by atoms with van der Waals surface area (Å²) in [6.45, 7) is 0. The second-order valence-electron chi connectivity index (χ2n) is 3.98. The molecule has 86 valence electrons. The molecule has 1 fully saturated rings. The van der Waals surface area contributed by atoms with Gasteiger partial charge >= 0.3 is 6.18 Å². The van der Waals surface area contributed by atoms with Crippen LogP contribution >= 0.6 is 11.8 Å². The van der Waals surface area contributed by atoms with Crippen LogP contribution in [0.4, 0.5) is 13.2 Å². The Morgan fingerprint density at radius 3 is 2.33 bits per heavy atom. The average molecular weight is 237 g/mol. The molecule has 1 nitrogen and oxygen atoms in total. The zero-order valence-corrected chi connectivity index (χ0v) is 9.20. The molecular weight excluding hydrogens is 223 g/mol. The molecule has 1 rings (SSSR count). The fraction of sp³-hybridized carbons (Fsp3) is 0.900. The summed E-state index contributed by atoms with van der Waals surface area (Å²) in [5.74, 6) is 0.159. The normalized spacial score (nSPS) is 20.9. The van der Waals surface area contributed by atoms with E-state index in [0.29, 0.717) is 11.8 Å². The first-order valence-electron chi connectivity index (χ1n) is 5.15. The third-order valence-electron chi connectivity index (χ3n) is 2.83. The molecule has 0 aromatic carbocycles. The molecular formula is C10H14F3NS. The number of hydrogen-bond acceptors (Lipinski definition) is 2. The number of alkyl halides is 3. The van der Waals surface area contributed by atoms with Crippen LogP contribution in [0, 0.1) is 16.6 Å². The van der Waals surface area contributed by atoms with Gasteiger partial charge in [-0.25, -0.2) is 0 Å². The average Bonchev–Trinajstić information content (AvgIpc) is 2.17. The number of nitriles is 1. The summed E-state index contributed by atoms with van der Waals surface area (Å²) >= 11 is 0.358. The van der Waals surface area contributed by atoms with Crippen molar-refractivity contribution >= 4 is 11.8 Å². The molecule has 0 heterocycles. The van der Waals surface area contributed by atoms with Crippen LogP contribution in [0.15, 0.2) is 0 Å². The van der Waals surface area contributed by atoms with Gasteiger partial charge in [-0.2, -0.15) is 18.4 Å². The second-order valence-corrected chi connectivity index (χ2v) is 4.97. The topological polar surface area (TPSA) is 23.8 Å². The van der Waals surface area contributed by atoms with E-state index in [1.807, 2.05) is 0 Å². The molecule has 1 aliphatic rings. The minimum atomic E-state index is -4.24. The molecule has 1 saturated carbocycles. The number of thiocyanates is 1. The van der Waals surface area contributed by atoms with Gasteiger partial charge in [0.25, 0.3) is 0 Å². The molecule has 0 aromatic heterocycles. The third kappa shape index (κ3) is 4.33. The Morgan fingerprint density at radius 2 is 1.87 bits per heavy atom. The van der Waals surface area contributed by atoms with E-state index in [1.54, 1.807) is 5.40 Å². The van der Waals surface area contributed by atoms with Crippen LogP contribution in [0.1, 0.15) is 38.5 Å². The predicted octanol–water partition coefficient (Wildman–Crippen LogP) is 4.10. The minimum absolute atomic E-state index is 0.113. The Labute approximate surface area is 92.0 Å². The quantitative estimate of drug-likeness (QED) is 0.690. The summed E-state index contributed by atoms with van der Waals surface area (Å²) in [6, 6.07) is 0. The van der Waals surface area contributed by atoms with Gasteiger partial charge in [0.2, 0.25) is 0 Å². The van der Waals surface area contributed by atoms with Crippen LogP contribution in [0.25, 0.3) is 0 Å².